The standard InChI is InChI=1S/C25H53N/c1-4-6-8-10-12-14-16-18-20-22-24-26(3)25-23-21-19-17-15-13-11-9-7-5-2/h4-25H2,1-3H3/p+1. The average molecular weight is 369 g/mol. The van der Waals surface area contributed by atoms with Gasteiger partial charge in [-0.25, -0.2) is 0 Å². The number of hydrogen-bond acceptors (Lipinski definition) is 0. The van der Waals surface area contributed by atoms with E-state index < -0.39 is 0 Å². The molecule has 0 radical (unpaired) electrons. The number of rotatable bonds is 22. The van der Waals surface area contributed by atoms with Gasteiger partial charge in [-0.05, 0) is 25.7 Å². The summed E-state index contributed by atoms with van der Waals surface area (Å²) in [6.07, 6.45) is 29.1. The van der Waals surface area contributed by atoms with Gasteiger partial charge in [0.1, 0.15) is 0 Å². The molecule has 0 aliphatic carbocycles. The lowest BCUT2D eigenvalue weighted by molar-refractivity contribution is -0.880. The Labute approximate surface area is 167 Å². The zero-order chi connectivity index (χ0) is 19.1. The Morgan fingerprint density at radius 2 is 0.577 bits per heavy atom. The quantitative estimate of drug-likeness (QED) is 0.191. The highest BCUT2D eigenvalue weighted by atomic mass is 15.1. The zero-order valence-corrected chi connectivity index (χ0v) is 19.1. The van der Waals surface area contributed by atoms with Crippen LogP contribution in [0.25, 0.3) is 0 Å². The fourth-order valence-corrected chi connectivity index (χ4v) is 3.95. The third kappa shape index (κ3) is 22.0. The van der Waals surface area contributed by atoms with Crippen molar-refractivity contribution < 1.29 is 4.90 Å². The van der Waals surface area contributed by atoms with E-state index in [4.69, 9.17) is 0 Å². The van der Waals surface area contributed by atoms with Crippen molar-refractivity contribution >= 4 is 0 Å². The number of quaternary nitrogens is 1. The Kier molecular flexibility index (Phi) is 23.0. The van der Waals surface area contributed by atoms with Crippen LogP contribution in [0.15, 0.2) is 0 Å². The second kappa shape index (κ2) is 23.0. The molecule has 26 heavy (non-hydrogen) atoms. The molecule has 1 N–H and O–H groups in total. The normalized spacial score (nSPS) is 11.5. The van der Waals surface area contributed by atoms with E-state index in [-0.39, 0.29) is 0 Å². The third-order valence-electron chi connectivity index (χ3n) is 5.91. The largest absolute Gasteiger partial charge is 0.337 e. The average Bonchev–Trinajstić information content (AvgIpc) is 2.64. The monoisotopic (exact) mass is 368 g/mol. The first-order chi connectivity index (χ1) is 12.8. The summed E-state index contributed by atoms with van der Waals surface area (Å²) in [6, 6.07) is 0. The minimum Gasteiger partial charge on any atom is -0.337 e. The molecule has 0 aromatic rings. The van der Waals surface area contributed by atoms with Crippen molar-refractivity contribution in [1.82, 2.24) is 0 Å². The SMILES string of the molecule is CCCCCCCCCCCC[NH+](C)CCCCCCCCCCCC. The Hall–Kier alpha value is -0.0400. The molecule has 0 spiro atoms. The molecule has 0 saturated carbocycles. The van der Waals surface area contributed by atoms with Crippen LogP contribution in [0.3, 0.4) is 0 Å². The summed E-state index contributed by atoms with van der Waals surface area (Å²) in [5, 5.41) is 0. The van der Waals surface area contributed by atoms with Crippen molar-refractivity contribution in [2.75, 3.05) is 20.1 Å². The minimum atomic E-state index is 1.37. The number of hydrogen-bond donors (Lipinski definition) is 1. The fraction of sp³-hybridized carbons (Fsp3) is 1.00. The van der Waals surface area contributed by atoms with Gasteiger partial charge < -0.3 is 4.90 Å². The van der Waals surface area contributed by atoms with Gasteiger partial charge in [0.2, 0.25) is 0 Å². The van der Waals surface area contributed by atoms with Gasteiger partial charge in [0.15, 0.2) is 0 Å². The predicted octanol–water partition coefficient (Wildman–Crippen LogP) is 7.34. The van der Waals surface area contributed by atoms with E-state index >= 15 is 0 Å². The Bertz CT molecular complexity index is 214. The van der Waals surface area contributed by atoms with E-state index in [2.05, 4.69) is 20.9 Å². The molecule has 0 aromatic carbocycles. The van der Waals surface area contributed by atoms with Crippen molar-refractivity contribution in [1.29, 1.82) is 0 Å². The summed E-state index contributed by atoms with van der Waals surface area (Å²) in [5.74, 6) is 0. The lowest BCUT2D eigenvalue weighted by Crippen LogP contribution is -3.09. The molecule has 0 fully saturated rings. The van der Waals surface area contributed by atoms with Gasteiger partial charge in [0.25, 0.3) is 0 Å². The van der Waals surface area contributed by atoms with Crippen LogP contribution in [0, 0.1) is 0 Å². The highest BCUT2D eigenvalue weighted by Crippen LogP contribution is 2.11. The fourth-order valence-electron chi connectivity index (χ4n) is 3.95. The van der Waals surface area contributed by atoms with Crippen LogP contribution in [-0.4, -0.2) is 20.1 Å². The molecule has 0 heterocycles. The second-order valence-electron chi connectivity index (χ2n) is 8.82. The van der Waals surface area contributed by atoms with Crippen molar-refractivity contribution in [3.05, 3.63) is 0 Å². The molecule has 0 bridgehead atoms. The second-order valence-corrected chi connectivity index (χ2v) is 8.82. The van der Waals surface area contributed by atoms with E-state index in [1.54, 1.807) is 4.90 Å². The molecule has 158 valence electrons. The van der Waals surface area contributed by atoms with Gasteiger partial charge in [-0.3, -0.25) is 0 Å². The van der Waals surface area contributed by atoms with Gasteiger partial charge in [-0.15, -0.1) is 0 Å². The number of nitrogens with one attached hydrogen (secondary N) is 1. The maximum atomic E-state index is 2.40. The molecular weight excluding hydrogens is 314 g/mol. The smallest absolute Gasteiger partial charge is 0.0768 e. The highest BCUT2D eigenvalue weighted by Gasteiger charge is 2.01. The third-order valence-corrected chi connectivity index (χ3v) is 5.91. The van der Waals surface area contributed by atoms with Crippen LogP contribution in [0.4, 0.5) is 0 Å². The Morgan fingerprint density at radius 1 is 0.346 bits per heavy atom. The topological polar surface area (TPSA) is 4.44 Å². The lowest BCUT2D eigenvalue weighted by Gasteiger charge is -2.13. The summed E-state index contributed by atoms with van der Waals surface area (Å²) in [4.78, 5) is 1.77. The zero-order valence-electron chi connectivity index (χ0n) is 19.1. The molecule has 0 amide bonds. The van der Waals surface area contributed by atoms with Gasteiger partial charge in [0.05, 0.1) is 20.1 Å². The van der Waals surface area contributed by atoms with Crippen LogP contribution >= 0.6 is 0 Å². The van der Waals surface area contributed by atoms with Crippen molar-refractivity contribution in [2.45, 2.75) is 142 Å². The molecule has 0 atom stereocenters. The summed E-state index contributed by atoms with van der Waals surface area (Å²) < 4.78 is 0. The predicted molar refractivity (Wildman–Crippen MR) is 120 cm³/mol. The number of unbranched alkanes of at least 4 members (excludes halogenated alkanes) is 18. The maximum absolute atomic E-state index is 2.40. The molecule has 0 unspecified atom stereocenters. The highest BCUT2D eigenvalue weighted by molar-refractivity contribution is 4.48. The Morgan fingerprint density at radius 3 is 0.846 bits per heavy atom. The molecular formula is C25H54N+. The summed E-state index contributed by atoms with van der Waals surface area (Å²) in [5.41, 5.74) is 0. The molecule has 0 saturated heterocycles. The maximum Gasteiger partial charge on any atom is 0.0768 e. The Balaban J connectivity index is 3.12. The van der Waals surface area contributed by atoms with Crippen molar-refractivity contribution in [2.24, 2.45) is 0 Å². The van der Waals surface area contributed by atoms with Crippen LogP contribution in [0.2, 0.25) is 0 Å². The first kappa shape index (κ1) is 26.0. The van der Waals surface area contributed by atoms with E-state index in [0.717, 1.165) is 0 Å². The molecule has 1 nitrogen and oxygen atoms in total. The minimum absolute atomic E-state index is 1.37. The molecule has 0 rings (SSSR count). The first-order valence-electron chi connectivity index (χ1n) is 12.6. The van der Waals surface area contributed by atoms with E-state index in [0.29, 0.717) is 0 Å². The van der Waals surface area contributed by atoms with Gasteiger partial charge in [-0.1, -0.05) is 117 Å². The van der Waals surface area contributed by atoms with Crippen LogP contribution < -0.4 is 4.90 Å². The first-order valence-corrected chi connectivity index (χ1v) is 12.6. The van der Waals surface area contributed by atoms with Gasteiger partial charge >= 0.3 is 0 Å². The van der Waals surface area contributed by atoms with Gasteiger partial charge in [-0.2, -0.15) is 0 Å². The van der Waals surface area contributed by atoms with Crippen molar-refractivity contribution in [3.63, 3.8) is 0 Å². The van der Waals surface area contributed by atoms with Crippen LogP contribution in [0.5, 0.6) is 0 Å². The van der Waals surface area contributed by atoms with Crippen LogP contribution in [-0.2, 0) is 0 Å². The molecule has 1 heteroatoms. The lowest BCUT2D eigenvalue weighted by atomic mass is 10.1. The van der Waals surface area contributed by atoms with E-state index in [1.165, 1.54) is 142 Å². The summed E-state index contributed by atoms with van der Waals surface area (Å²) in [7, 11) is 2.40. The molecule has 0 aromatic heterocycles. The van der Waals surface area contributed by atoms with Gasteiger partial charge in [0, 0.05) is 0 Å². The molecule has 0 aliphatic heterocycles. The molecule has 0 aliphatic rings. The van der Waals surface area contributed by atoms with Crippen LogP contribution in [0.1, 0.15) is 142 Å². The van der Waals surface area contributed by atoms with Crippen molar-refractivity contribution in [3.8, 4) is 0 Å². The summed E-state index contributed by atoms with van der Waals surface area (Å²) >= 11 is 0. The van der Waals surface area contributed by atoms with E-state index in [9.17, 15) is 0 Å². The summed E-state index contributed by atoms with van der Waals surface area (Å²) in [6.45, 7) is 7.40. The van der Waals surface area contributed by atoms with E-state index in [1.807, 2.05) is 0 Å².